The topological polar surface area (TPSA) is 38.1 Å². The highest BCUT2D eigenvalue weighted by Gasteiger charge is 2.23. The van der Waals surface area contributed by atoms with Gasteiger partial charge in [-0.05, 0) is 42.3 Å². The number of aliphatic hydroxyl groups is 1. The second kappa shape index (κ2) is 5.77. The largest absolute Gasteiger partial charge is 0.382 e. The summed E-state index contributed by atoms with van der Waals surface area (Å²) in [6.07, 6.45) is 1.01. The number of aryl methyl sites for hydroxylation is 1. The maximum absolute atomic E-state index is 10.7. The molecule has 0 amide bonds. The highest BCUT2D eigenvalue weighted by Crippen LogP contribution is 2.34. The van der Waals surface area contributed by atoms with Gasteiger partial charge < -0.3 is 5.11 Å². The van der Waals surface area contributed by atoms with Gasteiger partial charge in [0, 0.05) is 16.1 Å². The summed E-state index contributed by atoms with van der Waals surface area (Å²) in [5.41, 5.74) is 2.73. The van der Waals surface area contributed by atoms with Gasteiger partial charge >= 0.3 is 0 Å². The maximum Gasteiger partial charge on any atom is 0.123 e. The van der Waals surface area contributed by atoms with E-state index in [0.29, 0.717) is 0 Å². The lowest BCUT2D eigenvalue weighted by atomic mass is 10.0. The Balaban J connectivity index is 2.53. The van der Waals surface area contributed by atoms with Crippen LogP contribution in [0.3, 0.4) is 0 Å². The van der Waals surface area contributed by atoms with E-state index in [1.54, 1.807) is 6.20 Å². The van der Waals surface area contributed by atoms with Gasteiger partial charge in [0.1, 0.15) is 6.10 Å². The van der Waals surface area contributed by atoms with E-state index >= 15 is 0 Å². The van der Waals surface area contributed by atoms with Gasteiger partial charge in [-0.2, -0.15) is 5.10 Å². The van der Waals surface area contributed by atoms with E-state index in [4.69, 9.17) is 0 Å². The van der Waals surface area contributed by atoms with Gasteiger partial charge in [0.05, 0.1) is 16.4 Å². The fraction of sp³-hybridized carbons (Fsp3) is 0.357. The van der Waals surface area contributed by atoms with E-state index in [1.807, 2.05) is 43.7 Å². The number of halogens is 2. The Hall–Kier alpha value is -0.650. The number of aliphatic hydroxyl groups excluding tert-OH is 1. The van der Waals surface area contributed by atoms with Gasteiger partial charge in [0.2, 0.25) is 0 Å². The minimum absolute atomic E-state index is 0.194. The molecular formula is C14H16Br2N2O. The van der Waals surface area contributed by atoms with Crippen LogP contribution in [0.2, 0.25) is 0 Å². The predicted molar refractivity (Wildman–Crippen MR) is 83.3 cm³/mol. The van der Waals surface area contributed by atoms with E-state index in [2.05, 4.69) is 37.0 Å². The van der Waals surface area contributed by atoms with Gasteiger partial charge in [-0.3, -0.25) is 4.68 Å². The number of nitrogens with zero attached hydrogens (tertiary/aromatic N) is 2. The first-order valence-corrected chi connectivity index (χ1v) is 7.68. The number of benzene rings is 1. The summed E-state index contributed by atoms with van der Waals surface area (Å²) in [6, 6.07) is 6.07. The lowest BCUT2D eigenvalue weighted by molar-refractivity contribution is 0.203. The van der Waals surface area contributed by atoms with Crippen LogP contribution in [0.25, 0.3) is 0 Å². The van der Waals surface area contributed by atoms with Gasteiger partial charge in [-0.1, -0.05) is 34.1 Å². The van der Waals surface area contributed by atoms with Crippen LogP contribution in [0.5, 0.6) is 0 Å². The minimum Gasteiger partial charge on any atom is -0.382 e. The Kier molecular flexibility index (Phi) is 4.48. The first-order valence-electron chi connectivity index (χ1n) is 6.09. The monoisotopic (exact) mass is 386 g/mol. The molecule has 19 heavy (non-hydrogen) atoms. The molecule has 1 aromatic heterocycles. The molecule has 102 valence electrons. The van der Waals surface area contributed by atoms with Crippen LogP contribution in [-0.4, -0.2) is 14.9 Å². The van der Waals surface area contributed by atoms with Crippen molar-refractivity contribution < 1.29 is 5.11 Å². The van der Waals surface area contributed by atoms with Crippen LogP contribution >= 0.6 is 31.9 Å². The Labute approximate surface area is 129 Å². The summed E-state index contributed by atoms with van der Waals surface area (Å²) in [5, 5.41) is 15.0. The van der Waals surface area contributed by atoms with E-state index < -0.39 is 6.10 Å². The average Bonchev–Trinajstić information content (AvgIpc) is 2.74. The van der Waals surface area contributed by atoms with Crippen LogP contribution in [0.4, 0.5) is 0 Å². The third-order valence-electron chi connectivity index (χ3n) is 3.05. The number of hydrogen-bond donors (Lipinski definition) is 1. The number of aromatic nitrogens is 2. The lowest BCUT2D eigenvalue weighted by Gasteiger charge is -2.18. The Morgan fingerprint density at radius 2 is 1.95 bits per heavy atom. The normalized spacial score (nSPS) is 13.0. The first kappa shape index (κ1) is 14.8. The zero-order valence-electron chi connectivity index (χ0n) is 11.1. The molecule has 0 bridgehead atoms. The van der Waals surface area contributed by atoms with Crippen LogP contribution in [-0.2, 0) is 0 Å². The summed E-state index contributed by atoms with van der Waals surface area (Å²) < 4.78 is 3.59. The third-order valence-corrected chi connectivity index (χ3v) is 4.75. The molecule has 0 aliphatic rings. The molecule has 0 saturated carbocycles. The molecule has 1 N–H and O–H groups in total. The molecule has 0 saturated heterocycles. The zero-order chi connectivity index (χ0) is 14.2. The Bertz CT molecular complexity index is 593. The molecule has 1 heterocycles. The highest BCUT2D eigenvalue weighted by atomic mass is 79.9. The predicted octanol–water partition coefficient (Wildman–Crippen LogP) is 4.38. The van der Waals surface area contributed by atoms with Gasteiger partial charge in [0.25, 0.3) is 0 Å². The molecule has 0 aliphatic heterocycles. The third kappa shape index (κ3) is 2.78. The van der Waals surface area contributed by atoms with Crippen molar-refractivity contribution >= 4 is 31.9 Å². The number of hydrogen-bond acceptors (Lipinski definition) is 2. The van der Waals surface area contributed by atoms with Crippen molar-refractivity contribution in [2.75, 3.05) is 0 Å². The second-order valence-corrected chi connectivity index (χ2v) is 6.44. The molecule has 5 heteroatoms. The van der Waals surface area contributed by atoms with Crippen molar-refractivity contribution in [3.8, 4) is 0 Å². The molecule has 0 spiro atoms. The summed E-state index contributed by atoms with van der Waals surface area (Å²) >= 11 is 7.02. The molecule has 2 rings (SSSR count). The van der Waals surface area contributed by atoms with Crippen LogP contribution in [0.1, 0.15) is 42.8 Å². The maximum atomic E-state index is 10.7. The lowest BCUT2D eigenvalue weighted by Crippen LogP contribution is -2.13. The van der Waals surface area contributed by atoms with E-state index in [1.165, 1.54) is 0 Å². The zero-order valence-corrected chi connectivity index (χ0v) is 14.2. The van der Waals surface area contributed by atoms with Crippen molar-refractivity contribution in [3.63, 3.8) is 0 Å². The smallest absolute Gasteiger partial charge is 0.123 e. The van der Waals surface area contributed by atoms with Crippen molar-refractivity contribution in [1.82, 2.24) is 9.78 Å². The molecule has 1 unspecified atom stereocenters. The van der Waals surface area contributed by atoms with Crippen LogP contribution < -0.4 is 0 Å². The number of rotatable bonds is 3. The van der Waals surface area contributed by atoms with Crippen LogP contribution in [0, 0.1) is 6.92 Å². The van der Waals surface area contributed by atoms with E-state index in [-0.39, 0.29) is 6.04 Å². The van der Waals surface area contributed by atoms with Gasteiger partial charge in [0.15, 0.2) is 0 Å². The second-order valence-electron chi connectivity index (χ2n) is 4.80. The summed E-state index contributed by atoms with van der Waals surface area (Å²) in [4.78, 5) is 0. The molecule has 1 aromatic carbocycles. The van der Waals surface area contributed by atoms with Crippen LogP contribution in [0.15, 0.2) is 33.3 Å². The standard InChI is InChI=1S/C14H16Br2N2O/c1-8(2)18-13(11(15)7-17-18)14(19)10-6-4-5-9(3)12(10)16/h4-8,14,19H,1-3H3. The SMILES string of the molecule is Cc1cccc(C(O)c2c(Br)cnn2C(C)C)c1Br. The molecule has 0 fully saturated rings. The molecular weight excluding hydrogens is 372 g/mol. The fourth-order valence-corrected chi connectivity index (χ4v) is 3.02. The Morgan fingerprint density at radius 3 is 2.58 bits per heavy atom. The Morgan fingerprint density at radius 1 is 1.26 bits per heavy atom. The van der Waals surface area contributed by atoms with Crippen molar-refractivity contribution in [2.45, 2.75) is 32.9 Å². The molecule has 3 nitrogen and oxygen atoms in total. The van der Waals surface area contributed by atoms with Crippen molar-refractivity contribution in [1.29, 1.82) is 0 Å². The summed E-state index contributed by atoms with van der Waals surface area (Å²) in [7, 11) is 0. The van der Waals surface area contributed by atoms with Gasteiger partial charge in [-0.15, -0.1) is 0 Å². The quantitative estimate of drug-likeness (QED) is 0.848. The molecule has 0 radical (unpaired) electrons. The van der Waals surface area contributed by atoms with E-state index in [0.717, 1.165) is 25.8 Å². The van der Waals surface area contributed by atoms with Gasteiger partial charge in [-0.25, -0.2) is 0 Å². The summed E-state index contributed by atoms with van der Waals surface area (Å²) in [5.74, 6) is 0. The average molecular weight is 388 g/mol. The minimum atomic E-state index is -0.714. The van der Waals surface area contributed by atoms with Crippen molar-refractivity contribution in [3.05, 3.63) is 50.2 Å². The highest BCUT2D eigenvalue weighted by molar-refractivity contribution is 9.10. The molecule has 2 aromatic rings. The molecule has 1 atom stereocenters. The van der Waals surface area contributed by atoms with Crippen molar-refractivity contribution in [2.24, 2.45) is 0 Å². The van der Waals surface area contributed by atoms with E-state index in [9.17, 15) is 5.11 Å². The fourth-order valence-electron chi connectivity index (χ4n) is 2.05. The first-order chi connectivity index (χ1) is 8.93. The molecule has 0 aliphatic carbocycles. The summed E-state index contributed by atoms with van der Waals surface area (Å²) in [6.45, 7) is 6.09.